The number of carbonyl (C=O) groups is 1. The Hall–Kier alpha value is -2.95. The second-order valence-corrected chi connectivity index (χ2v) is 5.92. The number of ether oxygens (including phenoxy) is 3. The Kier molecular flexibility index (Phi) is 5.40. The van der Waals surface area contributed by atoms with Crippen molar-refractivity contribution in [2.75, 3.05) is 19.5 Å². The van der Waals surface area contributed by atoms with E-state index in [0.29, 0.717) is 11.3 Å². The number of benzene rings is 1. The van der Waals surface area contributed by atoms with Crippen molar-refractivity contribution in [3.63, 3.8) is 0 Å². The van der Waals surface area contributed by atoms with Crippen molar-refractivity contribution in [1.29, 1.82) is 0 Å². The summed E-state index contributed by atoms with van der Waals surface area (Å²) in [6.45, 7) is -0.309. The molecule has 1 fully saturated rings. The molecule has 1 aromatic heterocycles. The molecule has 0 radical (unpaired) electrons. The van der Waals surface area contributed by atoms with E-state index in [0.717, 1.165) is 4.57 Å². The number of aliphatic hydroxyl groups is 2. The van der Waals surface area contributed by atoms with E-state index in [9.17, 15) is 19.8 Å². The molecule has 0 bridgehead atoms. The highest BCUT2D eigenvalue weighted by atomic mass is 16.6. The number of nitrogens with zero attached hydrogens (tertiary/aromatic N) is 2. The summed E-state index contributed by atoms with van der Waals surface area (Å²) in [6.07, 6.45) is -3.65. The van der Waals surface area contributed by atoms with E-state index in [2.05, 4.69) is 4.98 Å². The van der Waals surface area contributed by atoms with Crippen LogP contribution in [0.3, 0.4) is 0 Å². The van der Waals surface area contributed by atoms with Crippen LogP contribution in [0.1, 0.15) is 16.6 Å². The van der Waals surface area contributed by atoms with Gasteiger partial charge in [-0.25, -0.2) is 9.59 Å². The van der Waals surface area contributed by atoms with Gasteiger partial charge in [-0.3, -0.25) is 4.57 Å². The van der Waals surface area contributed by atoms with Crippen molar-refractivity contribution in [3.8, 4) is 5.75 Å². The molecule has 2 heterocycles. The van der Waals surface area contributed by atoms with Gasteiger partial charge < -0.3 is 30.2 Å². The van der Waals surface area contributed by atoms with Gasteiger partial charge in [0, 0.05) is 6.20 Å². The molecule has 10 nitrogen and oxygen atoms in total. The molecule has 0 saturated carbocycles. The van der Waals surface area contributed by atoms with Gasteiger partial charge in [0.15, 0.2) is 6.23 Å². The van der Waals surface area contributed by atoms with E-state index in [1.54, 1.807) is 12.1 Å². The first-order chi connectivity index (χ1) is 12.9. The molecule has 1 aliphatic heterocycles. The lowest BCUT2D eigenvalue weighted by atomic mass is 10.1. The lowest BCUT2D eigenvalue weighted by Gasteiger charge is -2.16. The Bertz CT molecular complexity index is 868. The average molecular weight is 377 g/mol. The van der Waals surface area contributed by atoms with Crippen LogP contribution in [0.5, 0.6) is 5.75 Å². The van der Waals surface area contributed by atoms with Gasteiger partial charge in [0.05, 0.1) is 12.7 Å². The molecule has 3 rings (SSSR count). The Morgan fingerprint density at radius 1 is 1.26 bits per heavy atom. The Morgan fingerprint density at radius 2 is 1.96 bits per heavy atom. The third-order valence-electron chi connectivity index (χ3n) is 4.17. The number of aromatic nitrogens is 2. The number of hydrogen-bond acceptors (Lipinski definition) is 9. The highest BCUT2D eigenvalue weighted by Gasteiger charge is 2.44. The number of anilines is 1. The summed E-state index contributed by atoms with van der Waals surface area (Å²) in [5.41, 5.74) is 4.98. The van der Waals surface area contributed by atoms with Crippen LogP contribution >= 0.6 is 0 Å². The number of hydrogen-bond donors (Lipinski definition) is 3. The number of carbonyl (C=O) groups excluding carboxylic acids is 1. The molecule has 10 heteroatoms. The fourth-order valence-corrected chi connectivity index (χ4v) is 2.68. The molecule has 27 heavy (non-hydrogen) atoms. The lowest BCUT2D eigenvalue weighted by molar-refractivity contribution is -0.0598. The average Bonchev–Trinajstić information content (AvgIpc) is 2.94. The zero-order chi connectivity index (χ0) is 19.6. The number of esters is 1. The van der Waals surface area contributed by atoms with Crippen molar-refractivity contribution < 1.29 is 29.2 Å². The second-order valence-electron chi connectivity index (χ2n) is 5.92. The zero-order valence-corrected chi connectivity index (χ0v) is 14.4. The summed E-state index contributed by atoms with van der Waals surface area (Å²) in [4.78, 5) is 27.5. The van der Waals surface area contributed by atoms with Crippen LogP contribution in [0.2, 0.25) is 0 Å². The maximum Gasteiger partial charge on any atom is 0.351 e. The predicted molar refractivity (Wildman–Crippen MR) is 92.1 cm³/mol. The van der Waals surface area contributed by atoms with Gasteiger partial charge in [-0.2, -0.15) is 4.98 Å². The van der Waals surface area contributed by atoms with Gasteiger partial charge in [-0.15, -0.1) is 0 Å². The third-order valence-corrected chi connectivity index (χ3v) is 4.17. The van der Waals surface area contributed by atoms with Crippen LogP contribution in [-0.4, -0.2) is 57.8 Å². The van der Waals surface area contributed by atoms with Crippen molar-refractivity contribution in [2.45, 2.75) is 24.5 Å². The largest absolute Gasteiger partial charge is 0.497 e. The number of rotatable bonds is 5. The smallest absolute Gasteiger partial charge is 0.351 e. The molecular formula is C17H19N3O7. The van der Waals surface area contributed by atoms with Crippen LogP contribution in [0, 0.1) is 0 Å². The first-order valence-corrected chi connectivity index (χ1v) is 8.08. The van der Waals surface area contributed by atoms with Crippen LogP contribution < -0.4 is 16.2 Å². The number of aliphatic hydroxyl groups excluding tert-OH is 2. The van der Waals surface area contributed by atoms with Crippen LogP contribution in [-0.2, 0) is 9.47 Å². The monoisotopic (exact) mass is 377 g/mol. The minimum atomic E-state index is -1.40. The number of nitrogen functional groups attached to an aromatic ring is 1. The highest BCUT2D eigenvalue weighted by molar-refractivity contribution is 5.89. The van der Waals surface area contributed by atoms with Crippen LogP contribution in [0.25, 0.3) is 0 Å². The topological polar surface area (TPSA) is 146 Å². The minimum Gasteiger partial charge on any atom is -0.497 e. The van der Waals surface area contributed by atoms with Gasteiger partial charge in [-0.1, -0.05) is 0 Å². The first kappa shape index (κ1) is 18.8. The molecule has 144 valence electrons. The molecule has 0 amide bonds. The molecular weight excluding hydrogens is 358 g/mol. The fourth-order valence-electron chi connectivity index (χ4n) is 2.68. The van der Waals surface area contributed by atoms with E-state index >= 15 is 0 Å². The zero-order valence-electron chi connectivity index (χ0n) is 14.4. The number of methoxy groups -OCH3 is 1. The SMILES string of the molecule is COc1ccc(C(=O)OC[C@H]2O[C@@H](n3ccc(N)nc3=O)[C@H](O)[C@@H]2O)cc1. The van der Waals surface area contributed by atoms with Crippen molar-refractivity contribution in [3.05, 3.63) is 52.6 Å². The quantitative estimate of drug-likeness (QED) is 0.576. The summed E-state index contributed by atoms with van der Waals surface area (Å²) < 4.78 is 16.7. The van der Waals surface area contributed by atoms with E-state index in [1.807, 2.05) is 0 Å². The highest BCUT2D eigenvalue weighted by Crippen LogP contribution is 2.28. The summed E-state index contributed by atoms with van der Waals surface area (Å²) in [5.74, 6) is -0.0124. The predicted octanol–water partition coefficient (Wildman–Crippen LogP) is -0.690. The van der Waals surface area contributed by atoms with E-state index < -0.39 is 36.2 Å². The van der Waals surface area contributed by atoms with E-state index in [1.165, 1.54) is 31.5 Å². The Balaban J connectivity index is 1.65. The van der Waals surface area contributed by atoms with Gasteiger partial charge in [-0.05, 0) is 30.3 Å². The molecule has 1 saturated heterocycles. The molecule has 0 aliphatic carbocycles. The van der Waals surface area contributed by atoms with Crippen molar-refractivity contribution in [2.24, 2.45) is 0 Å². The van der Waals surface area contributed by atoms with Gasteiger partial charge in [0.2, 0.25) is 0 Å². The maximum absolute atomic E-state index is 12.1. The minimum absolute atomic E-state index is 0.0225. The van der Waals surface area contributed by atoms with Gasteiger partial charge in [0.25, 0.3) is 0 Å². The van der Waals surface area contributed by atoms with E-state index in [4.69, 9.17) is 19.9 Å². The maximum atomic E-state index is 12.1. The van der Waals surface area contributed by atoms with E-state index in [-0.39, 0.29) is 12.4 Å². The fraction of sp³-hybridized carbons (Fsp3) is 0.353. The molecule has 4 N–H and O–H groups in total. The Morgan fingerprint density at radius 3 is 2.59 bits per heavy atom. The molecule has 0 spiro atoms. The molecule has 4 atom stereocenters. The van der Waals surface area contributed by atoms with Crippen LogP contribution in [0.4, 0.5) is 5.82 Å². The normalized spacial score (nSPS) is 24.6. The standard InChI is InChI=1S/C17H19N3O7/c1-25-10-4-2-9(3-5-10)16(23)26-8-11-13(21)14(22)15(27-11)20-7-6-12(18)19-17(20)24/h2-7,11,13-15,21-22H,8H2,1H3,(H2,18,19,24)/t11-,13-,14-,15-/m1/s1. The van der Waals surface area contributed by atoms with Crippen molar-refractivity contribution in [1.82, 2.24) is 9.55 Å². The molecule has 1 aromatic carbocycles. The van der Waals surface area contributed by atoms with Gasteiger partial charge >= 0.3 is 11.7 Å². The van der Waals surface area contributed by atoms with Gasteiger partial charge in [0.1, 0.15) is 36.5 Å². The summed E-state index contributed by atoms with van der Waals surface area (Å²) in [5, 5.41) is 20.3. The third kappa shape index (κ3) is 3.92. The second kappa shape index (κ2) is 7.74. The molecule has 2 aromatic rings. The molecule has 1 aliphatic rings. The Labute approximate surface area is 153 Å². The lowest BCUT2D eigenvalue weighted by Crippen LogP contribution is -2.36. The summed E-state index contributed by atoms with van der Waals surface area (Å²) in [6, 6.07) is 7.64. The molecule has 0 unspecified atom stereocenters. The first-order valence-electron chi connectivity index (χ1n) is 8.08. The van der Waals surface area contributed by atoms with Crippen molar-refractivity contribution >= 4 is 11.8 Å². The summed E-state index contributed by atoms with van der Waals surface area (Å²) >= 11 is 0. The number of nitrogens with two attached hydrogens (primary N) is 1. The summed E-state index contributed by atoms with van der Waals surface area (Å²) in [7, 11) is 1.51. The van der Waals surface area contributed by atoms with Crippen LogP contribution in [0.15, 0.2) is 41.3 Å².